The van der Waals surface area contributed by atoms with E-state index in [9.17, 15) is 14.7 Å². The molecular formula is C12H18N4O4. The Morgan fingerprint density at radius 2 is 2.40 bits per heavy atom. The zero-order chi connectivity index (χ0) is 14.8. The number of nitrogens with one attached hydrogen (secondary N) is 3. The van der Waals surface area contributed by atoms with E-state index in [0.29, 0.717) is 5.82 Å². The number of urea groups is 1. The number of aliphatic carboxylic acids is 1. The topological polar surface area (TPSA) is 116 Å². The van der Waals surface area contributed by atoms with E-state index in [2.05, 4.69) is 20.6 Å². The van der Waals surface area contributed by atoms with Crippen LogP contribution < -0.4 is 10.6 Å². The number of nitrogens with zero attached hydrogens (tertiary/aromatic N) is 1. The van der Waals surface area contributed by atoms with Crippen LogP contribution in [0.3, 0.4) is 0 Å². The number of ether oxygens (including phenoxy) is 1. The zero-order valence-electron chi connectivity index (χ0n) is 11.3. The van der Waals surface area contributed by atoms with E-state index in [1.54, 1.807) is 26.2 Å². The van der Waals surface area contributed by atoms with Crippen molar-refractivity contribution in [3.63, 3.8) is 0 Å². The number of aromatic amines is 1. The van der Waals surface area contributed by atoms with Crippen molar-refractivity contribution in [2.75, 3.05) is 13.2 Å². The average molecular weight is 282 g/mol. The number of carboxylic acid groups (broad SMARTS) is 1. The van der Waals surface area contributed by atoms with Crippen LogP contribution in [0.15, 0.2) is 12.4 Å². The molecular weight excluding hydrogens is 264 g/mol. The summed E-state index contributed by atoms with van der Waals surface area (Å²) in [5.41, 5.74) is -1.11. The first-order valence-corrected chi connectivity index (χ1v) is 6.31. The lowest BCUT2D eigenvalue weighted by molar-refractivity contribution is -0.148. The zero-order valence-corrected chi connectivity index (χ0v) is 11.3. The molecule has 4 N–H and O–H groups in total. The molecule has 110 valence electrons. The molecule has 0 aromatic carbocycles. The molecule has 0 saturated carbocycles. The highest BCUT2D eigenvalue weighted by Gasteiger charge is 2.47. The smallest absolute Gasteiger partial charge is 0.315 e. The van der Waals surface area contributed by atoms with E-state index in [4.69, 9.17) is 4.74 Å². The third kappa shape index (κ3) is 2.74. The second kappa shape index (κ2) is 5.49. The molecule has 3 unspecified atom stereocenters. The minimum absolute atomic E-state index is 0.0843. The Morgan fingerprint density at radius 1 is 1.65 bits per heavy atom. The van der Waals surface area contributed by atoms with Gasteiger partial charge < -0.3 is 25.5 Å². The van der Waals surface area contributed by atoms with Crippen LogP contribution in [0.1, 0.15) is 25.7 Å². The molecule has 8 heteroatoms. The fraction of sp³-hybridized carbons (Fsp3) is 0.583. The molecule has 1 aliphatic rings. The van der Waals surface area contributed by atoms with E-state index >= 15 is 0 Å². The van der Waals surface area contributed by atoms with Gasteiger partial charge in [0.05, 0.1) is 25.3 Å². The predicted octanol–water partition coefficient (Wildman–Crippen LogP) is 0.260. The first-order chi connectivity index (χ1) is 9.43. The van der Waals surface area contributed by atoms with Gasteiger partial charge in [0.2, 0.25) is 0 Å². The van der Waals surface area contributed by atoms with Crippen molar-refractivity contribution >= 4 is 12.0 Å². The molecule has 0 aliphatic carbocycles. The number of hydrogen-bond acceptors (Lipinski definition) is 4. The Hall–Kier alpha value is -2.09. The average Bonchev–Trinajstić information content (AvgIpc) is 3.00. The first kappa shape index (κ1) is 14.3. The number of carboxylic acids is 1. The maximum atomic E-state index is 11.9. The van der Waals surface area contributed by atoms with Crippen molar-refractivity contribution in [3.8, 4) is 0 Å². The van der Waals surface area contributed by atoms with Crippen LogP contribution in [0.25, 0.3) is 0 Å². The maximum Gasteiger partial charge on any atom is 0.315 e. The summed E-state index contributed by atoms with van der Waals surface area (Å²) in [4.78, 5) is 30.1. The van der Waals surface area contributed by atoms with Crippen molar-refractivity contribution in [2.45, 2.75) is 25.9 Å². The van der Waals surface area contributed by atoms with Crippen LogP contribution in [0.2, 0.25) is 0 Å². The van der Waals surface area contributed by atoms with E-state index in [1.807, 2.05) is 0 Å². The Balaban J connectivity index is 1.93. The van der Waals surface area contributed by atoms with Gasteiger partial charge in [-0.25, -0.2) is 9.78 Å². The summed E-state index contributed by atoms with van der Waals surface area (Å²) in [5.74, 6) is -0.358. The maximum absolute atomic E-state index is 11.9. The highest BCUT2D eigenvalue weighted by atomic mass is 16.5. The highest BCUT2D eigenvalue weighted by Crippen LogP contribution is 2.28. The second-order valence-electron chi connectivity index (χ2n) is 5.10. The largest absolute Gasteiger partial charge is 0.481 e. The van der Waals surface area contributed by atoms with Crippen LogP contribution in [0.4, 0.5) is 4.79 Å². The molecule has 3 atom stereocenters. The molecule has 20 heavy (non-hydrogen) atoms. The molecule has 1 aromatic heterocycles. The summed E-state index contributed by atoms with van der Waals surface area (Å²) in [5, 5.41) is 14.6. The summed E-state index contributed by atoms with van der Waals surface area (Å²) >= 11 is 0. The fourth-order valence-corrected chi connectivity index (χ4v) is 2.06. The number of amides is 2. The van der Waals surface area contributed by atoms with Crippen molar-refractivity contribution in [1.82, 2.24) is 20.6 Å². The number of carbonyl (C=O) groups excluding carboxylic acids is 1. The lowest BCUT2D eigenvalue weighted by Gasteiger charge is -2.26. The van der Waals surface area contributed by atoms with Gasteiger partial charge in [0, 0.05) is 12.4 Å². The third-order valence-electron chi connectivity index (χ3n) is 3.53. The molecule has 1 aromatic rings. The Bertz CT molecular complexity index is 490. The molecule has 1 saturated heterocycles. The first-order valence-electron chi connectivity index (χ1n) is 6.31. The number of aromatic nitrogens is 2. The molecule has 0 bridgehead atoms. The van der Waals surface area contributed by atoms with E-state index in [0.717, 1.165) is 0 Å². The standard InChI is InChI=1S/C12H18N4O4/c1-7(9-13-3-4-14-9)15-11(19)16-8-5-20-6-12(8,2)10(17)18/h3-4,7-8H,5-6H2,1-2H3,(H,13,14)(H,17,18)(H2,15,16,19). The van der Waals surface area contributed by atoms with Gasteiger partial charge in [-0.05, 0) is 13.8 Å². The highest BCUT2D eigenvalue weighted by molar-refractivity contribution is 5.79. The lowest BCUT2D eigenvalue weighted by Crippen LogP contribution is -2.52. The summed E-state index contributed by atoms with van der Waals surface area (Å²) in [6.45, 7) is 3.61. The molecule has 8 nitrogen and oxygen atoms in total. The van der Waals surface area contributed by atoms with E-state index in [1.165, 1.54) is 0 Å². The van der Waals surface area contributed by atoms with Gasteiger partial charge in [0.1, 0.15) is 11.2 Å². The lowest BCUT2D eigenvalue weighted by atomic mass is 9.85. The quantitative estimate of drug-likeness (QED) is 0.632. The van der Waals surface area contributed by atoms with Crippen LogP contribution in [0.5, 0.6) is 0 Å². The van der Waals surface area contributed by atoms with Crippen molar-refractivity contribution < 1.29 is 19.4 Å². The van der Waals surface area contributed by atoms with Crippen molar-refractivity contribution in [2.24, 2.45) is 5.41 Å². The van der Waals surface area contributed by atoms with E-state index in [-0.39, 0.29) is 19.3 Å². The van der Waals surface area contributed by atoms with Crippen molar-refractivity contribution in [1.29, 1.82) is 0 Å². The Kier molecular flexibility index (Phi) is 3.93. The molecule has 0 radical (unpaired) electrons. The second-order valence-corrected chi connectivity index (χ2v) is 5.10. The summed E-state index contributed by atoms with van der Waals surface area (Å²) in [6.07, 6.45) is 3.26. The van der Waals surface area contributed by atoms with Crippen LogP contribution in [0, 0.1) is 5.41 Å². The van der Waals surface area contributed by atoms with Gasteiger partial charge in [-0.15, -0.1) is 0 Å². The van der Waals surface area contributed by atoms with Crippen LogP contribution in [-0.4, -0.2) is 46.3 Å². The van der Waals surface area contributed by atoms with Crippen LogP contribution in [-0.2, 0) is 9.53 Å². The van der Waals surface area contributed by atoms with Gasteiger partial charge in [-0.1, -0.05) is 0 Å². The van der Waals surface area contributed by atoms with Gasteiger partial charge in [-0.2, -0.15) is 0 Å². The summed E-state index contributed by atoms with van der Waals surface area (Å²) in [7, 11) is 0. The molecule has 0 spiro atoms. The normalized spacial score (nSPS) is 27.0. The van der Waals surface area contributed by atoms with Gasteiger partial charge in [0.15, 0.2) is 0 Å². The molecule has 2 amide bonds. The van der Waals surface area contributed by atoms with Crippen LogP contribution >= 0.6 is 0 Å². The van der Waals surface area contributed by atoms with E-state index < -0.39 is 23.5 Å². The van der Waals surface area contributed by atoms with Gasteiger partial charge >= 0.3 is 12.0 Å². The molecule has 2 heterocycles. The number of rotatable bonds is 4. The van der Waals surface area contributed by atoms with Gasteiger partial charge in [-0.3, -0.25) is 4.79 Å². The summed E-state index contributed by atoms with van der Waals surface area (Å²) in [6, 6.07) is -1.32. The third-order valence-corrected chi connectivity index (χ3v) is 3.53. The summed E-state index contributed by atoms with van der Waals surface area (Å²) < 4.78 is 5.17. The SMILES string of the molecule is CC(NC(=O)NC1COCC1(C)C(=O)O)c1ncc[nH]1. The Morgan fingerprint density at radius 3 is 3.00 bits per heavy atom. The minimum atomic E-state index is -1.11. The minimum Gasteiger partial charge on any atom is -0.481 e. The fourth-order valence-electron chi connectivity index (χ4n) is 2.06. The predicted molar refractivity (Wildman–Crippen MR) is 69.0 cm³/mol. The molecule has 1 fully saturated rings. The molecule has 2 rings (SSSR count). The monoisotopic (exact) mass is 282 g/mol. The number of carbonyl (C=O) groups is 2. The molecule has 1 aliphatic heterocycles. The number of hydrogen-bond donors (Lipinski definition) is 4. The number of imidazole rings is 1. The van der Waals surface area contributed by atoms with Crippen molar-refractivity contribution in [3.05, 3.63) is 18.2 Å². The Labute approximate surface area is 115 Å². The van der Waals surface area contributed by atoms with Gasteiger partial charge in [0.25, 0.3) is 0 Å². The number of H-pyrrole nitrogens is 1.